The number of nitrogens with zero attached hydrogens (tertiary/aromatic N) is 3. The van der Waals surface area contributed by atoms with E-state index in [1.807, 2.05) is 0 Å². The summed E-state index contributed by atoms with van der Waals surface area (Å²) in [6, 6.07) is 85.8. The van der Waals surface area contributed by atoms with Gasteiger partial charge >= 0.3 is 0 Å². The number of para-hydroxylation sites is 4. The second-order valence-electron chi connectivity index (χ2n) is 15.8. The monoisotopic (exact) mass is 777 g/mol. The molecule has 0 atom stereocenters. The Balaban J connectivity index is 0.869. The van der Waals surface area contributed by atoms with Gasteiger partial charge in [-0.25, -0.2) is 0 Å². The standard InChI is InChI=1S/C58H39N3/c1-2-12-45-39-50(38-29-40(45)11-1)59(46-30-21-41(22-31-46)43-25-34-48(35-26-43)60-55-17-7-3-13-51(55)52-14-4-8-18-56(52)60)47-32-23-42(24-33-47)44-27-36-49(37-28-44)61-57-19-9-5-15-53(57)54-16-6-10-20-58(54)61/h1-39H. The van der Waals surface area contributed by atoms with E-state index in [0.717, 1.165) is 28.4 Å². The molecule has 286 valence electrons. The molecule has 0 fully saturated rings. The smallest absolute Gasteiger partial charge is 0.0541 e. The summed E-state index contributed by atoms with van der Waals surface area (Å²) in [6.07, 6.45) is 0. The number of rotatable bonds is 7. The van der Waals surface area contributed by atoms with Gasteiger partial charge in [0.05, 0.1) is 22.1 Å². The van der Waals surface area contributed by atoms with Crippen LogP contribution in [0.25, 0.3) is 88.0 Å². The van der Waals surface area contributed by atoms with Crippen molar-refractivity contribution in [1.82, 2.24) is 9.13 Å². The Morgan fingerprint density at radius 2 is 0.557 bits per heavy atom. The Hall–Kier alpha value is -8.14. The van der Waals surface area contributed by atoms with Crippen molar-refractivity contribution >= 4 is 71.4 Å². The van der Waals surface area contributed by atoms with Gasteiger partial charge in [-0.05, 0) is 118 Å². The molecular weight excluding hydrogens is 739 g/mol. The molecule has 0 saturated carbocycles. The van der Waals surface area contributed by atoms with E-state index in [0.29, 0.717) is 0 Å². The summed E-state index contributed by atoms with van der Waals surface area (Å²) < 4.78 is 4.73. The van der Waals surface area contributed by atoms with Crippen LogP contribution in [0.5, 0.6) is 0 Å². The lowest BCUT2D eigenvalue weighted by Gasteiger charge is -2.26. The van der Waals surface area contributed by atoms with E-state index in [4.69, 9.17) is 0 Å². The van der Waals surface area contributed by atoms with Gasteiger partial charge in [-0.1, -0.05) is 152 Å². The maximum atomic E-state index is 2.37. The number of aromatic nitrogens is 2. The fourth-order valence-corrected chi connectivity index (χ4v) is 9.38. The highest BCUT2D eigenvalue weighted by atomic mass is 15.1. The molecule has 12 aromatic rings. The van der Waals surface area contributed by atoms with Crippen LogP contribution < -0.4 is 4.90 Å². The van der Waals surface area contributed by atoms with Gasteiger partial charge in [0.1, 0.15) is 0 Å². The molecule has 0 aliphatic carbocycles. The zero-order valence-corrected chi connectivity index (χ0v) is 33.4. The number of benzene rings is 10. The first-order chi connectivity index (χ1) is 30.2. The third-order valence-electron chi connectivity index (χ3n) is 12.3. The maximum Gasteiger partial charge on any atom is 0.0541 e. The number of hydrogen-bond donors (Lipinski definition) is 0. The average Bonchev–Trinajstić information content (AvgIpc) is 3.85. The molecule has 2 heterocycles. The molecule has 0 unspecified atom stereocenters. The first-order valence-electron chi connectivity index (χ1n) is 20.9. The van der Waals surface area contributed by atoms with Crippen molar-refractivity contribution in [3.05, 3.63) is 237 Å². The fourth-order valence-electron chi connectivity index (χ4n) is 9.38. The van der Waals surface area contributed by atoms with Crippen molar-refractivity contribution in [3.8, 4) is 33.6 Å². The zero-order valence-electron chi connectivity index (χ0n) is 33.4. The Bertz CT molecular complexity index is 3250. The number of fused-ring (bicyclic) bond motifs is 7. The van der Waals surface area contributed by atoms with Gasteiger partial charge in [0.15, 0.2) is 0 Å². The quantitative estimate of drug-likeness (QED) is 0.157. The molecule has 3 nitrogen and oxygen atoms in total. The fraction of sp³-hybridized carbons (Fsp3) is 0. The van der Waals surface area contributed by atoms with E-state index in [9.17, 15) is 0 Å². The summed E-state index contributed by atoms with van der Waals surface area (Å²) in [6.45, 7) is 0. The van der Waals surface area contributed by atoms with Gasteiger partial charge in [-0.2, -0.15) is 0 Å². The highest BCUT2D eigenvalue weighted by Crippen LogP contribution is 2.39. The lowest BCUT2D eigenvalue weighted by molar-refractivity contribution is 1.18. The average molecular weight is 778 g/mol. The van der Waals surface area contributed by atoms with Gasteiger partial charge in [-0.15, -0.1) is 0 Å². The molecule has 0 radical (unpaired) electrons. The molecule has 0 spiro atoms. The summed E-state index contributed by atoms with van der Waals surface area (Å²) in [5, 5.41) is 7.53. The van der Waals surface area contributed by atoms with Crippen molar-refractivity contribution in [2.75, 3.05) is 4.90 Å². The summed E-state index contributed by atoms with van der Waals surface area (Å²) in [5.41, 5.74) is 15.2. The van der Waals surface area contributed by atoms with E-state index >= 15 is 0 Å². The van der Waals surface area contributed by atoms with Crippen LogP contribution in [0.3, 0.4) is 0 Å². The van der Waals surface area contributed by atoms with Crippen molar-refractivity contribution in [3.63, 3.8) is 0 Å². The molecule has 0 aliphatic rings. The topological polar surface area (TPSA) is 13.1 Å². The number of hydrogen-bond acceptors (Lipinski definition) is 1. The van der Waals surface area contributed by atoms with Gasteiger partial charge in [0.2, 0.25) is 0 Å². The molecule has 10 aromatic carbocycles. The van der Waals surface area contributed by atoms with Crippen LogP contribution in [-0.4, -0.2) is 9.13 Å². The molecule has 61 heavy (non-hydrogen) atoms. The summed E-state index contributed by atoms with van der Waals surface area (Å²) in [4.78, 5) is 2.36. The van der Waals surface area contributed by atoms with Crippen LogP contribution in [0.15, 0.2) is 237 Å². The first-order valence-corrected chi connectivity index (χ1v) is 20.9. The molecule has 3 heteroatoms. The Kier molecular flexibility index (Phi) is 8.17. The summed E-state index contributed by atoms with van der Waals surface area (Å²) in [5.74, 6) is 0. The van der Waals surface area contributed by atoms with E-state index < -0.39 is 0 Å². The van der Waals surface area contributed by atoms with Crippen molar-refractivity contribution in [2.45, 2.75) is 0 Å². The second kappa shape index (κ2) is 14.3. The van der Waals surface area contributed by atoms with Gasteiger partial charge in [-0.3, -0.25) is 0 Å². The van der Waals surface area contributed by atoms with Gasteiger partial charge in [0.25, 0.3) is 0 Å². The Morgan fingerprint density at radius 3 is 0.951 bits per heavy atom. The summed E-state index contributed by atoms with van der Waals surface area (Å²) in [7, 11) is 0. The SMILES string of the molecule is c1ccc2cc(N(c3ccc(-c4ccc(-n5c6ccccc6c6ccccc65)cc4)cc3)c3ccc(-c4ccc(-n5c6ccccc6c6ccccc65)cc4)cc3)ccc2c1. The number of anilines is 3. The molecule has 0 saturated heterocycles. The minimum absolute atomic E-state index is 1.10. The normalized spacial score (nSPS) is 11.6. The predicted molar refractivity (Wildman–Crippen MR) is 258 cm³/mol. The van der Waals surface area contributed by atoms with Crippen LogP contribution in [-0.2, 0) is 0 Å². The molecule has 12 rings (SSSR count). The van der Waals surface area contributed by atoms with Crippen molar-refractivity contribution in [2.24, 2.45) is 0 Å². The lowest BCUT2D eigenvalue weighted by Crippen LogP contribution is -2.09. The molecule has 0 N–H and O–H groups in total. The largest absolute Gasteiger partial charge is 0.310 e. The first kappa shape index (κ1) is 34.9. The van der Waals surface area contributed by atoms with Crippen LogP contribution >= 0.6 is 0 Å². The minimum Gasteiger partial charge on any atom is -0.310 e. The van der Waals surface area contributed by atoms with E-state index in [1.54, 1.807) is 0 Å². The van der Waals surface area contributed by atoms with E-state index in [2.05, 4.69) is 251 Å². The van der Waals surface area contributed by atoms with Crippen LogP contribution in [0.1, 0.15) is 0 Å². The Labute approximate surface area is 354 Å². The van der Waals surface area contributed by atoms with Gasteiger partial charge in [0, 0.05) is 50.0 Å². The molecule has 0 bridgehead atoms. The zero-order chi connectivity index (χ0) is 40.3. The predicted octanol–water partition coefficient (Wildman–Crippen LogP) is 15.8. The van der Waals surface area contributed by atoms with Gasteiger partial charge < -0.3 is 14.0 Å². The lowest BCUT2D eigenvalue weighted by atomic mass is 10.0. The summed E-state index contributed by atoms with van der Waals surface area (Å²) >= 11 is 0. The molecule has 2 aromatic heterocycles. The highest BCUT2D eigenvalue weighted by Gasteiger charge is 2.16. The van der Waals surface area contributed by atoms with Crippen LogP contribution in [0.2, 0.25) is 0 Å². The third-order valence-corrected chi connectivity index (χ3v) is 12.3. The Morgan fingerprint density at radius 1 is 0.246 bits per heavy atom. The van der Waals surface area contributed by atoms with Crippen LogP contribution in [0, 0.1) is 0 Å². The second-order valence-corrected chi connectivity index (χ2v) is 15.8. The minimum atomic E-state index is 1.10. The van der Waals surface area contributed by atoms with Crippen LogP contribution in [0.4, 0.5) is 17.1 Å². The maximum absolute atomic E-state index is 2.37. The highest BCUT2D eigenvalue weighted by molar-refractivity contribution is 6.10. The van der Waals surface area contributed by atoms with Crippen molar-refractivity contribution in [1.29, 1.82) is 0 Å². The van der Waals surface area contributed by atoms with E-state index in [-0.39, 0.29) is 0 Å². The van der Waals surface area contributed by atoms with E-state index in [1.165, 1.54) is 76.6 Å². The molecule has 0 aliphatic heterocycles. The molecule has 0 amide bonds. The molecular formula is C58H39N3. The van der Waals surface area contributed by atoms with Crippen molar-refractivity contribution < 1.29 is 0 Å². The third kappa shape index (κ3) is 5.90.